The number of alkyl halides is 3. The molecule has 1 saturated heterocycles. The molecule has 1 saturated carbocycles. The van der Waals surface area contributed by atoms with Crippen LogP contribution in [0.25, 0.3) is 0 Å². The largest absolute Gasteiger partial charge is 0.478 e. The van der Waals surface area contributed by atoms with E-state index < -0.39 is 39.9 Å². The van der Waals surface area contributed by atoms with Gasteiger partial charge in [-0.25, -0.2) is 22.9 Å². The molecule has 1 aromatic heterocycles. The Morgan fingerprint density at radius 1 is 1.11 bits per heavy atom. The van der Waals surface area contributed by atoms with Crippen molar-refractivity contribution >= 4 is 16.1 Å². The van der Waals surface area contributed by atoms with Crippen molar-refractivity contribution in [3.05, 3.63) is 23.4 Å². The highest BCUT2D eigenvalue weighted by atomic mass is 32.2. The molecule has 2 fully saturated rings. The van der Waals surface area contributed by atoms with Gasteiger partial charge in [-0.3, -0.25) is 4.90 Å². The predicted molar refractivity (Wildman–Crippen MR) is 123 cm³/mol. The topological polar surface area (TPSA) is 107 Å². The van der Waals surface area contributed by atoms with E-state index in [-0.39, 0.29) is 49.5 Å². The van der Waals surface area contributed by atoms with Crippen LogP contribution in [0.2, 0.25) is 0 Å². The first-order valence-corrected chi connectivity index (χ1v) is 14.1. The van der Waals surface area contributed by atoms with E-state index in [2.05, 4.69) is 9.71 Å². The first-order chi connectivity index (χ1) is 16.9. The summed E-state index contributed by atoms with van der Waals surface area (Å²) in [6, 6.07) is 0.849. The van der Waals surface area contributed by atoms with Crippen LogP contribution in [0.4, 0.5) is 18.0 Å². The average Bonchev–Trinajstić information content (AvgIpc) is 3.09. The fourth-order valence-electron chi connectivity index (χ4n) is 5.37. The molecule has 3 atom stereocenters. The van der Waals surface area contributed by atoms with Crippen LogP contribution in [0.5, 0.6) is 5.88 Å². The summed E-state index contributed by atoms with van der Waals surface area (Å²) in [5.74, 6) is -0.275. The van der Waals surface area contributed by atoms with E-state index in [4.69, 9.17) is 14.2 Å². The molecule has 5 rings (SSSR count). The Balaban J connectivity index is 1.56. The summed E-state index contributed by atoms with van der Waals surface area (Å²) in [4.78, 5) is 18.6. The molecule has 1 N–H and O–H groups in total. The molecular formula is C23H32F3N3O6S. The van der Waals surface area contributed by atoms with E-state index in [1.165, 1.54) is 11.0 Å². The predicted octanol–water partition coefficient (Wildman–Crippen LogP) is 3.44. The van der Waals surface area contributed by atoms with E-state index in [9.17, 15) is 26.4 Å². The normalized spacial score (nSPS) is 30.3. The standard InChI is InChI=1S/C23H32F3N3O6S/c1-14-12-18(28-36(2,31)32)19-13-35-16-6-4-15(5-7-16)21-17(23(24,25)26)8-9-20(27-21)33-10-3-11-34-22(30)29(14)19/h8-9,14-16,18-19,28H,3-7,10-13H2,1-2H3/t14-,15?,16?,18+,19+/m1/s1. The van der Waals surface area contributed by atoms with Crippen LogP contribution in [0.3, 0.4) is 0 Å². The van der Waals surface area contributed by atoms with Crippen molar-refractivity contribution in [3.8, 4) is 5.88 Å². The minimum absolute atomic E-state index is 0.0117. The second-order valence-corrected chi connectivity index (χ2v) is 11.5. The lowest BCUT2D eigenvalue weighted by atomic mass is 9.83. The number of halogens is 3. The van der Waals surface area contributed by atoms with Crippen molar-refractivity contribution in [2.24, 2.45) is 0 Å². The number of amides is 1. The van der Waals surface area contributed by atoms with E-state index in [0.717, 1.165) is 12.3 Å². The lowest BCUT2D eigenvalue weighted by Gasteiger charge is -2.33. The summed E-state index contributed by atoms with van der Waals surface area (Å²) in [5, 5.41) is 0. The van der Waals surface area contributed by atoms with Gasteiger partial charge in [0, 0.05) is 30.5 Å². The zero-order chi connectivity index (χ0) is 26.1. The maximum atomic E-state index is 13.7. The summed E-state index contributed by atoms with van der Waals surface area (Å²) < 4.78 is 84.6. The molecule has 4 heterocycles. The average molecular weight is 536 g/mol. The Hall–Kier alpha value is -2.12. The molecule has 13 heteroatoms. The zero-order valence-corrected chi connectivity index (χ0v) is 21.1. The molecule has 1 aliphatic carbocycles. The highest BCUT2D eigenvalue weighted by Crippen LogP contribution is 2.41. The summed E-state index contributed by atoms with van der Waals surface area (Å²) >= 11 is 0. The van der Waals surface area contributed by atoms with E-state index in [0.29, 0.717) is 38.5 Å². The second-order valence-electron chi connectivity index (χ2n) is 9.76. The first-order valence-electron chi connectivity index (χ1n) is 12.2. The van der Waals surface area contributed by atoms with Crippen LogP contribution in [0, 0.1) is 0 Å². The molecule has 1 aromatic rings. The summed E-state index contributed by atoms with van der Waals surface area (Å²) in [5.41, 5.74) is -0.765. The molecule has 9 nitrogen and oxygen atoms in total. The third-order valence-corrected chi connectivity index (χ3v) is 7.73. The molecule has 1 amide bonds. The molecule has 4 bridgehead atoms. The highest BCUT2D eigenvalue weighted by Gasteiger charge is 2.44. The Morgan fingerprint density at radius 2 is 1.81 bits per heavy atom. The van der Waals surface area contributed by atoms with Crippen molar-refractivity contribution in [2.75, 3.05) is 26.1 Å². The third-order valence-electron chi connectivity index (χ3n) is 7.00. The quantitative estimate of drug-likeness (QED) is 0.618. The molecule has 0 unspecified atom stereocenters. The van der Waals surface area contributed by atoms with Gasteiger partial charge in [0.15, 0.2) is 0 Å². The monoisotopic (exact) mass is 535 g/mol. The molecular weight excluding hydrogens is 503 g/mol. The van der Waals surface area contributed by atoms with Crippen molar-refractivity contribution < 1.29 is 40.6 Å². The van der Waals surface area contributed by atoms with Gasteiger partial charge in [0.1, 0.15) is 0 Å². The van der Waals surface area contributed by atoms with Crippen LogP contribution < -0.4 is 9.46 Å². The number of ether oxygens (including phenoxy) is 3. The van der Waals surface area contributed by atoms with Crippen LogP contribution in [-0.4, -0.2) is 74.7 Å². The molecule has 0 radical (unpaired) electrons. The fraction of sp³-hybridized carbons (Fsp3) is 0.739. The zero-order valence-electron chi connectivity index (χ0n) is 20.3. The minimum atomic E-state index is -4.52. The number of pyridine rings is 1. The number of sulfonamides is 1. The van der Waals surface area contributed by atoms with Gasteiger partial charge in [-0.2, -0.15) is 13.2 Å². The van der Waals surface area contributed by atoms with Crippen molar-refractivity contribution in [1.29, 1.82) is 0 Å². The van der Waals surface area contributed by atoms with E-state index in [1.54, 1.807) is 0 Å². The smallest absolute Gasteiger partial charge is 0.418 e. The highest BCUT2D eigenvalue weighted by molar-refractivity contribution is 7.88. The van der Waals surface area contributed by atoms with Gasteiger partial charge in [0.25, 0.3) is 0 Å². The molecule has 202 valence electrons. The lowest BCUT2D eigenvalue weighted by molar-refractivity contribution is -0.138. The Bertz CT molecular complexity index is 1050. The third kappa shape index (κ3) is 6.41. The van der Waals surface area contributed by atoms with Gasteiger partial charge in [-0.1, -0.05) is 0 Å². The Labute approximate surface area is 208 Å². The van der Waals surface area contributed by atoms with Gasteiger partial charge in [-0.15, -0.1) is 0 Å². The van der Waals surface area contributed by atoms with Gasteiger partial charge in [0.2, 0.25) is 15.9 Å². The minimum Gasteiger partial charge on any atom is -0.478 e. The number of fused-ring (bicyclic) bond motifs is 8. The van der Waals surface area contributed by atoms with Crippen molar-refractivity contribution in [2.45, 2.75) is 81.8 Å². The maximum Gasteiger partial charge on any atom is 0.418 e. The first kappa shape index (κ1) is 26.9. The lowest BCUT2D eigenvalue weighted by Crippen LogP contribution is -2.50. The molecule has 4 aliphatic rings. The molecule has 0 spiro atoms. The number of rotatable bonds is 2. The summed E-state index contributed by atoms with van der Waals surface area (Å²) in [7, 11) is -3.53. The number of hydrogen-bond acceptors (Lipinski definition) is 7. The van der Waals surface area contributed by atoms with Gasteiger partial charge in [0.05, 0.1) is 49.5 Å². The van der Waals surface area contributed by atoms with Crippen molar-refractivity contribution in [1.82, 2.24) is 14.6 Å². The number of nitrogens with zero attached hydrogens (tertiary/aromatic N) is 2. The summed E-state index contributed by atoms with van der Waals surface area (Å²) in [6.07, 6.45) is -1.57. The molecule has 3 aliphatic heterocycles. The van der Waals surface area contributed by atoms with Gasteiger partial charge < -0.3 is 14.2 Å². The number of aromatic nitrogens is 1. The van der Waals surface area contributed by atoms with Crippen LogP contribution in [0.15, 0.2) is 12.1 Å². The van der Waals surface area contributed by atoms with Gasteiger partial charge >= 0.3 is 12.3 Å². The summed E-state index contributed by atoms with van der Waals surface area (Å²) in [6.45, 7) is 2.05. The van der Waals surface area contributed by atoms with E-state index in [1.807, 2.05) is 6.92 Å². The SMILES string of the molecule is C[C@@H]1C[C@H](NS(C)(=O)=O)[C@@H]2COC3CCC(CC3)c3nc(ccc3C(F)(F)F)OCCCOC(=O)N12. The Morgan fingerprint density at radius 3 is 2.47 bits per heavy atom. The van der Waals surface area contributed by atoms with Crippen LogP contribution in [-0.2, 0) is 25.7 Å². The molecule has 36 heavy (non-hydrogen) atoms. The Kier molecular flexibility index (Phi) is 8.01. The number of carbonyl (C=O) groups excluding carboxylic acids is 1. The van der Waals surface area contributed by atoms with Crippen molar-refractivity contribution in [3.63, 3.8) is 0 Å². The van der Waals surface area contributed by atoms with Crippen LogP contribution >= 0.6 is 0 Å². The van der Waals surface area contributed by atoms with Crippen LogP contribution in [0.1, 0.15) is 62.6 Å². The maximum absolute atomic E-state index is 13.7. The van der Waals surface area contributed by atoms with E-state index >= 15 is 0 Å². The van der Waals surface area contributed by atoms with Gasteiger partial charge in [-0.05, 0) is 45.1 Å². The second kappa shape index (κ2) is 10.7. The molecule has 0 aromatic carbocycles. The number of carbonyl (C=O) groups is 1. The fourth-order valence-corrected chi connectivity index (χ4v) is 6.17. The number of nitrogens with one attached hydrogen (secondary N) is 1. The number of hydrogen-bond donors (Lipinski definition) is 1.